The molecule has 14 heavy (non-hydrogen) atoms. The Morgan fingerprint density at radius 2 is 2.07 bits per heavy atom. The highest BCUT2D eigenvalue weighted by Gasteiger charge is 2.30. The SMILES string of the molecule is CC(C)NC(=O)C1CCC(N)CC1C. The Morgan fingerprint density at radius 3 is 2.57 bits per heavy atom. The maximum absolute atomic E-state index is 11.8. The molecule has 3 nitrogen and oxygen atoms in total. The Kier molecular flexibility index (Phi) is 3.93. The molecule has 3 N–H and O–H groups in total. The Morgan fingerprint density at radius 1 is 1.43 bits per heavy atom. The Hall–Kier alpha value is -0.570. The fraction of sp³-hybridized carbons (Fsp3) is 0.909. The zero-order valence-electron chi connectivity index (χ0n) is 9.42. The molecule has 3 unspecified atom stereocenters. The van der Waals surface area contributed by atoms with Crippen LogP contribution >= 0.6 is 0 Å². The van der Waals surface area contributed by atoms with Crippen LogP contribution in [-0.2, 0) is 4.79 Å². The maximum atomic E-state index is 11.8. The number of carbonyl (C=O) groups excluding carboxylic acids is 1. The topological polar surface area (TPSA) is 55.1 Å². The van der Waals surface area contributed by atoms with E-state index in [0.29, 0.717) is 12.0 Å². The third-order valence-electron chi connectivity index (χ3n) is 2.98. The van der Waals surface area contributed by atoms with Gasteiger partial charge in [0.1, 0.15) is 0 Å². The minimum Gasteiger partial charge on any atom is -0.354 e. The van der Waals surface area contributed by atoms with Gasteiger partial charge in [0, 0.05) is 18.0 Å². The molecule has 0 aromatic rings. The molecule has 0 spiro atoms. The summed E-state index contributed by atoms with van der Waals surface area (Å²) in [5.41, 5.74) is 5.86. The van der Waals surface area contributed by atoms with Gasteiger partial charge in [0.15, 0.2) is 0 Å². The molecule has 82 valence electrons. The number of nitrogens with one attached hydrogen (secondary N) is 1. The highest BCUT2D eigenvalue weighted by Crippen LogP contribution is 2.29. The average Bonchev–Trinajstić information content (AvgIpc) is 2.01. The smallest absolute Gasteiger partial charge is 0.223 e. The minimum absolute atomic E-state index is 0.178. The lowest BCUT2D eigenvalue weighted by Gasteiger charge is -2.31. The largest absolute Gasteiger partial charge is 0.354 e. The van der Waals surface area contributed by atoms with Crippen molar-refractivity contribution in [3.8, 4) is 0 Å². The number of hydrogen-bond acceptors (Lipinski definition) is 2. The summed E-state index contributed by atoms with van der Waals surface area (Å²) in [5.74, 6) is 0.814. The van der Waals surface area contributed by atoms with Crippen LogP contribution in [0.4, 0.5) is 0 Å². The second-order valence-electron chi connectivity index (χ2n) is 4.82. The lowest BCUT2D eigenvalue weighted by Crippen LogP contribution is -2.42. The maximum Gasteiger partial charge on any atom is 0.223 e. The second kappa shape index (κ2) is 4.78. The van der Waals surface area contributed by atoms with Crippen LogP contribution in [0.5, 0.6) is 0 Å². The zero-order valence-corrected chi connectivity index (χ0v) is 9.42. The van der Waals surface area contributed by atoms with E-state index in [1.165, 1.54) is 0 Å². The molecule has 0 radical (unpaired) electrons. The lowest BCUT2D eigenvalue weighted by molar-refractivity contribution is -0.128. The molecule has 0 bridgehead atoms. The molecule has 1 amide bonds. The Labute approximate surface area is 86.4 Å². The van der Waals surface area contributed by atoms with Gasteiger partial charge < -0.3 is 11.1 Å². The molecule has 3 heteroatoms. The summed E-state index contributed by atoms with van der Waals surface area (Å²) < 4.78 is 0. The van der Waals surface area contributed by atoms with Crippen molar-refractivity contribution in [3.63, 3.8) is 0 Å². The third-order valence-corrected chi connectivity index (χ3v) is 2.98. The van der Waals surface area contributed by atoms with E-state index in [9.17, 15) is 4.79 Å². The Bertz CT molecular complexity index is 203. The molecular weight excluding hydrogens is 176 g/mol. The van der Waals surface area contributed by atoms with Crippen molar-refractivity contribution in [1.29, 1.82) is 0 Å². The van der Waals surface area contributed by atoms with Crippen LogP contribution in [-0.4, -0.2) is 18.0 Å². The number of amides is 1. The molecule has 3 atom stereocenters. The van der Waals surface area contributed by atoms with Gasteiger partial charge in [0.25, 0.3) is 0 Å². The molecular formula is C11H22N2O. The van der Waals surface area contributed by atoms with Gasteiger partial charge in [-0.2, -0.15) is 0 Å². The molecule has 1 fully saturated rings. The van der Waals surface area contributed by atoms with E-state index in [2.05, 4.69) is 12.2 Å². The summed E-state index contributed by atoms with van der Waals surface area (Å²) in [6, 6.07) is 0.540. The fourth-order valence-corrected chi connectivity index (χ4v) is 2.22. The van der Waals surface area contributed by atoms with Crippen LogP contribution in [0, 0.1) is 11.8 Å². The number of hydrogen-bond donors (Lipinski definition) is 2. The van der Waals surface area contributed by atoms with Gasteiger partial charge >= 0.3 is 0 Å². The number of nitrogens with two attached hydrogens (primary N) is 1. The second-order valence-corrected chi connectivity index (χ2v) is 4.82. The fourth-order valence-electron chi connectivity index (χ4n) is 2.22. The molecule has 0 aliphatic heterocycles. The monoisotopic (exact) mass is 198 g/mol. The Balaban J connectivity index is 2.47. The molecule has 1 saturated carbocycles. The quantitative estimate of drug-likeness (QED) is 0.702. The predicted octanol–water partition coefficient (Wildman–Crippen LogP) is 1.27. The highest BCUT2D eigenvalue weighted by molar-refractivity contribution is 5.79. The van der Waals surface area contributed by atoms with E-state index in [4.69, 9.17) is 5.73 Å². The number of rotatable bonds is 2. The average molecular weight is 198 g/mol. The summed E-state index contributed by atoms with van der Waals surface area (Å²) in [6.07, 6.45) is 2.91. The van der Waals surface area contributed by atoms with Gasteiger partial charge in [-0.3, -0.25) is 4.79 Å². The molecule has 0 saturated heterocycles. The molecule has 1 rings (SSSR count). The van der Waals surface area contributed by atoms with Crippen molar-refractivity contribution in [1.82, 2.24) is 5.32 Å². The molecule has 0 heterocycles. The van der Waals surface area contributed by atoms with E-state index < -0.39 is 0 Å². The van der Waals surface area contributed by atoms with Gasteiger partial charge in [-0.1, -0.05) is 6.92 Å². The van der Waals surface area contributed by atoms with E-state index in [0.717, 1.165) is 19.3 Å². The first kappa shape index (κ1) is 11.5. The van der Waals surface area contributed by atoms with Crippen LogP contribution in [0.3, 0.4) is 0 Å². The molecule has 1 aliphatic carbocycles. The van der Waals surface area contributed by atoms with E-state index in [1.54, 1.807) is 0 Å². The summed E-state index contributed by atoms with van der Waals surface area (Å²) in [5, 5.41) is 2.98. The summed E-state index contributed by atoms with van der Waals surface area (Å²) in [6.45, 7) is 6.12. The van der Waals surface area contributed by atoms with Crippen molar-refractivity contribution in [2.75, 3.05) is 0 Å². The van der Waals surface area contributed by atoms with Crippen LogP contribution in [0.15, 0.2) is 0 Å². The van der Waals surface area contributed by atoms with Crippen molar-refractivity contribution in [2.45, 2.75) is 52.1 Å². The normalized spacial score (nSPS) is 33.1. The van der Waals surface area contributed by atoms with E-state index >= 15 is 0 Å². The van der Waals surface area contributed by atoms with E-state index in [1.807, 2.05) is 13.8 Å². The van der Waals surface area contributed by atoms with Gasteiger partial charge in [0.2, 0.25) is 5.91 Å². The summed E-state index contributed by atoms with van der Waals surface area (Å²) in [4.78, 5) is 11.8. The molecule has 0 aromatic carbocycles. The van der Waals surface area contributed by atoms with Crippen LogP contribution in [0.1, 0.15) is 40.0 Å². The van der Waals surface area contributed by atoms with Gasteiger partial charge in [-0.15, -0.1) is 0 Å². The van der Waals surface area contributed by atoms with Crippen LogP contribution < -0.4 is 11.1 Å². The van der Waals surface area contributed by atoms with Crippen LogP contribution in [0.25, 0.3) is 0 Å². The van der Waals surface area contributed by atoms with Crippen molar-refractivity contribution in [2.24, 2.45) is 17.6 Å². The van der Waals surface area contributed by atoms with Crippen molar-refractivity contribution >= 4 is 5.91 Å². The minimum atomic E-state index is 0.178. The van der Waals surface area contributed by atoms with Gasteiger partial charge in [0.05, 0.1) is 0 Å². The third kappa shape index (κ3) is 2.98. The highest BCUT2D eigenvalue weighted by atomic mass is 16.1. The van der Waals surface area contributed by atoms with E-state index in [-0.39, 0.29) is 17.9 Å². The molecule has 1 aliphatic rings. The van der Waals surface area contributed by atoms with Gasteiger partial charge in [-0.25, -0.2) is 0 Å². The summed E-state index contributed by atoms with van der Waals surface area (Å²) in [7, 11) is 0. The van der Waals surface area contributed by atoms with Crippen LogP contribution in [0.2, 0.25) is 0 Å². The first-order chi connectivity index (χ1) is 6.50. The van der Waals surface area contributed by atoms with Crippen molar-refractivity contribution in [3.05, 3.63) is 0 Å². The predicted molar refractivity (Wildman–Crippen MR) is 57.8 cm³/mol. The first-order valence-electron chi connectivity index (χ1n) is 5.56. The van der Waals surface area contributed by atoms with Crippen molar-refractivity contribution < 1.29 is 4.79 Å². The lowest BCUT2D eigenvalue weighted by atomic mass is 9.77. The molecule has 0 aromatic heterocycles. The van der Waals surface area contributed by atoms with Gasteiger partial charge in [-0.05, 0) is 39.0 Å². The number of carbonyl (C=O) groups is 1. The first-order valence-corrected chi connectivity index (χ1v) is 5.56. The standard InChI is InChI=1S/C11H22N2O/c1-7(2)13-11(14)10-5-4-9(12)6-8(10)3/h7-10H,4-6,12H2,1-3H3,(H,13,14). The summed E-state index contributed by atoms with van der Waals surface area (Å²) >= 11 is 0. The zero-order chi connectivity index (χ0) is 10.7.